The highest BCUT2D eigenvalue weighted by Gasteiger charge is 2.55. The lowest BCUT2D eigenvalue weighted by atomic mass is 9.77. The van der Waals surface area contributed by atoms with Gasteiger partial charge in [-0.15, -0.1) is 0 Å². The number of hydrogen-bond acceptors (Lipinski definition) is 7. The number of aliphatic hydroxyl groups is 1. The summed E-state index contributed by atoms with van der Waals surface area (Å²) in [6, 6.07) is 9.37. The summed E-state index contributed by atoms with van der Waals surface area (Å²) in [7, 11) is 1.67. The molecule has 0 spiro atoms. The average molecular weight is 808 g/mol. The predicted octanol–water partition coefficient (Wildman–Crippen LogP) is 7.47. The van der Waals surface area contributed by atoms with Crippen LogP contribution in [-0.4, -0.2) is 53.3 Å². The number of carbonyl (C=O) groups is 1. The van der Waals surface area contributed by atoms with Gasteiger partial charge in [-0.1, -0.05) is 30.0 Å². The molecule has 0 radical (unpaired) electrons. The van der Waals surface area contributed by atoms with Gasteiger partial charge in [-0.05, 0) is 54.7 Å². The number of pyridine rings is 1. The number of halogens is 9. The smallest absolute Gasteiger partial charge is 0.377 e. The SMILES string of the molecule is CSNc1nn(C)c2c(-c3ccc(C#CC4(O)CC(F)(F)C4)nc3C(Cc3cc(F)cc(F)c3)NC(=O)Cn3nc(C(F)(F)F)c4c3C(F)(F)CC4)cccc12. The van der Waals surface area contributed by atoms with Gasteiger partial charge in [0.1, 0.15) is 35.2 Å². The van der Waals surface area contributed by atoms with E-state index in [4.69, 9.17) is 0 Å². The van der Waals surface area contributed by atoms with E-state index in [9.17, 15) is 49.4 Å². The van der Waals surface area contributed by atoms with E-state index in [0.29, 0.717) is 38.6 Å². The molecule has 1 amide bonds. The molecule has 9 nitrogen and oxygen atoms in total. The zero-order valence-electron chi connectivity index (χ0n) is 29.3. The predicted molar refractivity (Wildman–Crippen MR) is 187 cm³/mol. The van der Waals surface area contributed by atoms with Crippen LogP contribution in [0, 0.1) is 23.5 Å². The maximum atomic E-state index is 14.9. The van der Waals surface area contributed by atoms with Crippen LogP contribution in [0.3, 0.4) is 0 Å². The molecule has 3 aromatic heterocycles. The maximum Gasteiger partial charge on any atom is 0.435 e. The Balaban J connectivity index is 1.36. The maximum absolute atomic E-state index is 14.9. The molecule has 0 bridgehead atoms. The van der Waals surface area contributed by atoms with Crippen molar-refractivity contribution < 1.29 is 49.4 Å². The Bertz CT molecular complexity index is 2410. The van der Waals surface area contributed by atoms with Crippen LogP contribution in [0.5, 0.6) is 0 Å². The standard InChI is InChI=1S/C37H30F9N7O2S/c1-52-30-24(4-3-5-25(30)33(50-52)51-56-2)23-7-6-22(8-10-34(55)17-35(40,41)18-34)47-29(23)27(14-19-12-20(38)15-21(39)13-19)48-28(54)16-53-32-26(9-11-36(32,42)43)31(49-53)37(44,45)46/h3-7,12-13,15,27,55H,9,11,14,16-18H2,1-2H3,(H,48,54)(H,50,51). The molecule has 5 aromatic rings. The van der Waals surface area contributed by atoms with Crippen molar-refractivity contribution in [3.8, 4) is 23.0 Å². The van der Waals surface area contributed by atoms with Crippen LogP contribution in [0.15, 0.2) is 48.5 Å². The Kier molecular flexibility index (Phi) is 9.80. The summed E-state index contributed by atoms with van der Waals surface area (Å²) in [5.41, 5.74) is -4.05. The van der Waals surface area contributed by atoms with Gasteiger partial charge in [0, 0.05) is 47.9 Å². The van der Waals surface area contributed by atoms with Gasteiger partial charge < -0.3 is 15.1 Å². The Morgan fingerprint density at radius 3 is 2.41 bits per heavy atom. The molecule has 0 saturated heterocycles. The summed E-state index contributed by atoms with van der Waals surface area (Å²) >= 11 is 1.28. The number of fused-ring (bicyclic) bond motifs is 2. The van der Waals surface area contributed by atoms with E-state index >= 15 is 0 Å². The van der Waals surface area contributed by atoms with Crippen LogP contribution in [0.25, 0.3) is 22.0 Å². The molecule has 1 unspecified atom stereocenters. The second-order valence-electron chi connectivity index (χ2n) is 13.7. The number of amides is 1. The summed E-state index contributed by atoms with van der Waals surface area (Å²) in [5, 5.41) is 21.7. The third-order valence-electron chi connectivity index (χ3n) is 9.48. The fourth-order valence-corrected chi connectivity index (χ4v) is 7.63. The minimum atomic E-state index is -5.09. The van der Waals surface area contributed by atoms with Crippen LogP contribution < -0.4 is 10.0 Å². The molecular weight excluding hydrogens is 778 g/mol. The van der Waals surface area contributed by atoms with E-state index in [1.54, 1.807) is 36.2 Å². The molecule has 2 aliphatic rings. The average Bonchev–Trinajstić information content (AvgIpc) is 3.73. The van der Waals surface area contributed by atoms with Crippen LogP contribution >= 0.6 is 11.9 Å². The Morgan fingerprint density at radius 2 is 1.75 bits per heavy atom. The summed E-state index contributed by atoms with van der Waals surface area (Å²) in [6.07, 6.45) is -7.05. The lowest BCUT2D eigenvalue weighted by Crippen LogP contribution is -2.50. The van der Waals surface area contributed by atoms with E-state index in [0.717, 1.165) is 12.1 Å². The molecule has 3 heterocycles. The van der Waals surface area contributed by atoms with Crippen molar-refractivity contribution in [2.24, 2.45) is 7.05 Å². The van der Waals surface area contributed by atoms with Gasteiger partial charge in [0.2, 0.25) is 5.91 Å². The summed E-state index contributed by atoms with van der Waals surface area (Å²) in [5.74, 6) is -4.37. The second-order valence-corrected chi connectivity index (χ2v) is 14.4. The lowest BCUT2D eigenvalue weighted by molar-refractivity contribution is -0.176. The molecule has 3 N–H and O–H groups in total. The van der Waals surface area contributed by atoms with Gasteiger partial charge in [-0.2, -0.15) is 32.1 Å². The Morgan fingerprint density at radius 1 is 1.04 bits per heavy atom. The van der Waals surface area contributed by atoms with Gasteiger partial charge in [-0.3, -0.25) is 14.2 Å². The number of aryl methyl sites for hydroxylation is 1. The second kappa shape index (κ2) is 14.1. The summed E-state index contributed by atoms with van der Waals surface area (Å²) in [4.78, 5) is 18.4. The molecule has 56 heavy (non-hydrogen) atoms. The van der Waals surface area contributed by atoms with E-state index in [1.807, 2.05) is 0 Å². The van der Waals surface area contributed by atoms with Crippen molar-refractivity contribution in [1.29, 1.82) is 0 Å². The summed E-state index contributed by atoms with van der Waals surface area (Å²) < 4.78 is 133. The molecular formula is C37H30F9N7O2S. The molecule has 1 atom stereocenters. The Labute approximate surface area is 316 Å². The van der Waals surface area contributed by atoms with E-state index in [1.165, 1.54) is 24.1 Å². The fraction of sp³-hybridized carbons (Fsp3) is 0.351. The van der Waals surface area contributed by atoms with Gasteiger partial charge in [-0.25, -0.2) is 22.5 Å². The van der Waals surface area contributed by atoms with Crippen molar-refractivity contribution in [1.82, 2.24) is 29.9 Å². The first kappa shape index (κ1) is 39.0. The molecule has 7 rings (SSSR count). The van der Waals surface area contributed by atoms with E-state index < -0.39 is 103 Å². The highest BCUT2D eigenvalue weighted by molar-refractivity contribution is 7.99. The van der Waals surface area contributed by atoms with Crippen molar-refractivity contribution >= 4 is 34.6 Å². The van der Waals surface area contributed by atoms with Crippen molar-refractivity contribution in [3.63, 3.8) is 0 Å². The number of hydrogen-bond donors (Lipinski definition) is 3. The van der Waals surface area contributed by atoms with Crippen LogP contribution in [-0.2, 0) is 43.3 Å². The van der Waals surface area contributed by atoms with Crippen molar-refractivity contribution in [3.05, 3.63) is 94.1 Å². The molecule has 2 aliphatic carbocycles. The zero-order valence-corrected chi connectivity index (χ0v) is 30.2. The van der Waals surface area contributed by atoms with Crippen LogP contribution in [0.2, 0.25) is 0 Å². The normalized spacial score (nSPS) is 17.1. The number of para-hydroxylation sites is 1. The fourth-order valence-electron chi connectivity index (χ4n) is 7.28. The Hall–Kier alpha value is -5.22. The number of aromatic nitrogens is 5. The molecule has 294 valence electrons. The van der Waals surface area contributed by atoms with Crippen molar-refractivity contribution in [2.45, 2.75) is 68.3 Å². The molecule has 0 aliphatic heterocycles. The lowest BCUT2D eigenvalue weighted by Gasteiger charge is -2.39. The van der Waals surface area contributed by atoms with Crippen molar-refractivity contribution in [2.75, 3.05) is 11.0 Å². The van der Waals surface area contributed by atoms with Crippen LogP contribution in [0.4, 0.5) is 45.3 Å². The number of anilines is 1. The minimum absolute atomic E-state index is 0.000816. The highest BCUT2D eigenvalue weighted by Crippen LogP contribution is 2.47. The van der Waals surface area contributed by atoms with Gasteiger partial charge in [0.15, 0.2) is 11.5 Å². The first-order valence-electron chi connectivity index (χ1n) is 16.9. The quantitative estimate of drug-likeness (QED) is 0.0806. The largest absolute Gasteiger partial charge is 0.435 e. The third-order valence-corrected chi connectivity index (χ3v) is 9.88. The third kappa shape index (κ3) is 7.63. The first-order chi connectivity index (χ1) is 26.3. The first-order valence-corrected chi connectivity index (χ1v) is 18.2. The number of carbonyl (C=O) groups excluding carboxylic acids is 1. The van der Waals surface area contributed by atoms with E-state index in [2.05, 4.69) is 37.1 Å². The van der Waals surface area contributed by atoms with Gasteiger partial charge >= 0.3 is 6.18 Å². The number of rotatable bonds is 9. The number of nitrogens with zero attached hydrogens (tertiary/aromatic N) is 5. The monoisotopic (exact) mass is 807 g/mol. The summed E-state index contributed by atoms with van der Waals surface area (Å²) in [6.45, 7) is -1.10. The number of benzene rings is 2. The molecule has 1 saturated carbocycles. The van der Waals surface area contributed by atoms with Crippen LogP contribution in [0.1, 0.15) is 59.2 Å². The number of nitrogens with one attached hydrogen (secondary N) is 2. The van der Waals surface area contributed by atoms with E-state index in [-0.39, 0.29) is 17.0 Å². The minimum Gasteiger partial charge on any atom is -0.377 e. The number of alkyl halides is 7. The zero-order chi connectivity index (χ0) is 40.4. The topological polar surface area (TPSA) is 110 Å². The molecule has 2 aromatic carbocycles. The van der Waals surface area contributed by atoms with Gasteiger partial charge in [0.25, 0.3) is 11.8 Å². The van der Waals surface area contributed by atoms with Gasteiger partial charge in [0.05, 0.1) is 30.1 Å². The molecule has 19 heteroatoms. The highest BCUT2D eigenvalue weighted by atomic mass is 32.2. The molecule has 1 fully saturated rings.